The average Bonchev–Trinajstić information content (AvgIpc) is 2.91. The lowest BCUT2D eigenvalue weighted by molar-refractivity contribution is 0.632. The maximum Gasteiger partial charge on any atom is 0.0546 e. The van der Waals surface area contributed by atoms with Crippen LogP contribution in [0.5, 0.6) is 0 Å². The molecule has 8 rings (SSSR count). The summed E-state index contributed by atoms with van der Waals surface area (Å²) in [5.74, 6) is 0. The normalized spacial score (nSPS) is 16.5. The van der Waals surface area contributed by atoms with Gasteiger partial charge in [-0.25, -0.2) is 0 Å². The lowest BCUT2D eigenvalue weighted by Crippen LogP contribution is -2.30. The van der Waals surface area contributed by atoms with Gasteiger partial charge in [0.25, 0.3) is 0 Å². The number of hydrogen-bond donors (Lipinski definition) is 0. The Bertz CT molecular complexity index is 1890. The van der Waals surface area contributed by atoms with Gasteiger partial charge in [0, 0.05) is 16.2 Å². The number of para-hydroxylation sites is 2. The Hall–Kier alpha value is -4.10. The number of benzene rings is 6. The fourth-order valence-corrected chi connectivity index (χ4v) is 7.35. The Morgan fingerprint density at radius 2 is 0.973 bits per heavy atom. The second-order valence-corrected chi connectivity index (χ2v) is 11.8. The van der Waals surface area contributed by atoms with Crippen molar-refractivity contribution in [3.05, 3.63) is 125 Å². The summed E-state index contributed by atoms with van der Waals surface area (Å²) >= 11 is 0. The monoisotopic (exact) mass is 475 g/mol. The highest BCUT2D eigenvalue weighted by molar-refractivity contribution is 6.27. The van der Waals surface area contributed by atoms with Gasteiger partial charge in [-0.05, 0) is 67.4 Å². The molecular formula is C36H29N. The zero-order chi connectivity index (χ0) is 25.1. The van der Waals surface area contributed by atoms with E-state index in [0.717, 1.165) is 0 Å². The molecule has 1 aliphatic heterocycles. The minimum atomic E-state index is -0.0708. The van der Waals surface area contributed by atoms with Crippen LogP contribution < -0.4 is 4.90 Å². The average molecular weight is 476 g/mol. The summed E-state index contributed by atoms with van der Waals surface area (Å²) < 4.78 is 0. The van der Waals surface area contributed by atoms with Crippen LogP contribution in [0, 0.1) is 0 Å². The highest BCUT2D eigenvalue weighted by Crippen LogP contribution is 2.56. The Morgan fingerprint density at radius 3 is 1.68 bits per heavy atom. The molecule has 0 bridgehead atoms. The number of nitrogens with zero attached hydrogens (tertiary/aromatic N) is 1. The van der Waals surface area contributed by atoms with Gasteiger partial charge in [-0.1, -0.05) is 113 Å². The van der Waals surface area contributed by atoms with E-state index in [4.69, 9.17) is 0 Å². The van der Waals surface area contributed by atoms with Crippen molar-refractivity contribution in [2.45, 2.75) is 38.5 Å². The lowest BCUT2D eigenvalue weighted by Gasteiger charge is -2.43. The van der Waals surface area contributed by atoms with Gasteiger partial charge in [-0.3, -0.25) is 0 Å². The topological polar surface area (TPSA) is 3.24 Å². The third-order valence-corrected chi connectivity index (χ3v) is 9.18. The Kier molecular flexibility index (Phi) is 3.87. The number of rotatable bonds is 1. The smallest absolute Gasteiger partial charge is 0.0546 e. The van der Waals surface area contributed by atoms with E-state index in [0.29, 0.717) is 0 Å². The van der Waals surface area contributed by atoms with E-state index in [2.05, 4.69) is 136 Å². The van der Waals surface area contributed by atoms with Crippen LogP contribution in [0.2, 0.25) is 0 Å². The van der Waals surface area contributed by atoms with Crippen molar-refractivity contribution < 1.29 is 0 Å². The Labute approximate surface area is 218 Å². The van der Waals surface area contributed by atoms with Crippen molar-refractivity contribution in [3.8, 4) is 0 Å². The van der Waals surface area contributed by atoms with Crippen LogP contribution >= 0.6 is 0 Å². The minimum absolute atomic E-state index is 0.0694. The molecule has 0 saturated carbocycles. The summed E-state index contributed by atoms with van der Waals surface area (Å²) in [7, 11) is 0. The summed E-state index contributed by atoms with van der Waals surface area (Å²) in [4.78, 5) is 2.52. The fraction of sp³-hybridized carbons (Fsp3) is 0.167. The molecule has 0 fully saturated rings. The molecule has 1 heterocycles. The van der Waals surface area contributed by atoms with Crippen LogP contribution in [0.4, 0.5) is 17.1 Å². The molecule has 0 saturated heterocycles. The molecule has 1 nitrogen and oxygen atoms in total. The predicted octanol–water partition coefficient (Wildman–Crippen LogP) is 9.89. The molecule has 0 aromatic heterocycles. The van der Waals surface area contributed by atoms with Gasteiger partial charge in [0.05, 0.1) is 17.1 Å². The van der Waals surface area contributed by atoms with Gasteiger partial charge in [-0.2, -0.15) is 0 Å². The molecule has 0 unspecified atom stereocenters. The SMILES string of the molecule is CC1(C)c2ccccc2N(c2cc3ccc4cccc5c4c3c3c(cccc23)C5(C)C)c2ccccc21. The largest absolute Gasteiger partial charge is 0.309 e. The quantitative estimate of drug-likeness (QED) is 0.214. The molecule has 178 valence electrons. The molecule has 0 N–H and O–H groups in total. The molecule has 6 aromatic carbocycles. The number of fused-ring (bicyclic) bond motifs is 2. The van der Waals surface area contributed by atoms with Gasteiger partial charge in [0.1, 0.15) is 0 Å². The molecule has 6 aromatic rings. The van der Waals surface area contributed by atoms with Gasteiger partial charge in [0.2, 0.25) is 0 Å². The standard InChI is InChI=1S/C36H29N/c1-35(2)25-13-5-7-17-29(25)37(30-18-8-6-14-26(30)35)31-21-23-20-19-22-11-9-15-27-32(22)33(23)34-24(31)12-10-16-28(34)36(27,3)4/h5-21H,1-4H3. The molecule has 1 aliphatic carbocycles. The van der Waals surface area contributed by atoms with Crippen molar-refractivity contribution >= 4 is 49.4 Å². The maximum atomic E-state index is 2.52. The molecule has 1 heteroatoms. The van der Waals surface area contributed by atoms with Crippen molar-refractivity contribution in [3.63, 3.8) is 0 Å². The molecule has 0 atom stereocenters. The van der Waals surface area contributed by atoms with Crippen LogP contribution in [-0.4, -0.2) is 0 Å². The van der Waals surface area contributed by atoms with Gasteiger partial charge in [0.15, 0.2) is 0 Å². The third-order valence-electron chi connectivity index (χ3n) is 9.18. The van der Waals surface area contributed by atoms with Crippen molar-refractivity contribution in [2.24, 2.45) is 0 Å². The van der Waals surface area contributed by atoms with E-state index in [9.17, 15) is 0 Å². The van der Waals surface area contributed by atoms with Crippen LogP contribution in [0.25, 0.3) is 32.3 Å². The zero-order valence-electron chi connectivity index (χ0n) is 21.8. The highest BCUT2D eigenvalue weighted by Gasteiger charge is 2.38. The third kappa shape index (κ3) is 2.50. The van der Waals surface area contributed by atoms with Crippen LogP contribution in [-0.2, 0) is 10.8 Å². The van der Waals surface area contributed by atoms with Crippen LogP contribution in [0.15, 0.2) is 103 Å². The molecule has 0 amide bonds. The summed E-state index contributed by atoms with van der Waals surface area (Å²) in [6, 6.07) is 38.7. The predicted molar refractivity (Wildman–Crippen MR) is 158 cm³/mol. The zero-order valence-corrected chi connectivity index (χ0v) is 21.8. The second kappa shape index (κ2) is 6.81. The molecular weight excluding hydrogens is 446 g/mol. The van der Waals surface area contributed by atoms with Crippen LogP contribution in [0.3, 0.4) is 0 Å². The second-order valence-electron chi connectivity index (χ2n) is 11.8. The highest BCUT2D eigenvalue weighted by atomic mass is 15.2. The molecule has 2 aliphatic rings. The van der Waals surface area contributed by atoms with Gasteiger partial charge in [-0.15, -0.1) is 0 Å². The fourth-order valence-electron chi connectivity index (χ4n) is 7.35. The number of hydrogen-bond acceptors (Lipinski definition) is 1. The van der Waals surface area contributed by atoms with E-state index in [1.165, 1.54) is 71.6 Å². The Balaban J connectivity index is 1.57. The van der Waals surface area contributed by atoms with Gasteiger partial charge < -0.3 is 4.90 Å². The van der Waals surface area contributed by atoms with Crippen molar-refractivity contribution in [1.82, 2.24) is 0 Å². The lowest BCUT2D eigenvalue weighted by atomic mass is 9.69. The molecule has 37 heavy (non-hydrogen) atoms. The molecule has 0 spiro atoms. The van der Waals surface area contributed by atoms with Gasteiger partial charge >= 0.3 is 0 Å². The first kappa shape index (κ1) is 21.0. The minimum Gasteiger partial charge on any atom is -0.309 e. The van der Waals surface area contributed by atoms with E-state index >= 15 is 0 Å². The summed E-state index contributed by atoms with van der Waals surface area (Å²) in [6.45, 7) is 9.48. The Morgan fingerprint density at radius 1 is 0.432 bits per heavy atom. The first-order chi connectivity index (χ1) is 17.9. The molecule has 0 radical (unpaired) electrons. The summed E-state index contributed by atoms with van der Waals surface area (Å²) in [6.07, 6.45) is 0. The van der Waals surface area contributed by atoms with Crippen LogP contribution in [0.1, 0.15) is 49.9 Å². The van der Waals surface area contributed by atoms with E-state index < -0.39 is 0 Å². The maximum absolute atomic E-state index is 2.52. The van der Waals surface area contributed by atoms with E-state index in [-0.39, 0.29) is 10.8 Å². The number of anilines is 3. The van der Waals surface area contributed by atoms with E-state index in [1.54, 1.807) is 0 Å². The van der Waals surface area contributed by atoms with E-state index in [1.807, 2.05) is 0 Å². The summed E-state index contributed by atoms with van der Waals surface area (Å²) in [5, 5.41) is 8.19. The first-order valence-electron chi connectivity index (χ1n) is 13.3. The van der Waals surface area contributed by atoms with Crippen molar-refractivity contribution in [1.29, 1.82) is 0 Å². The summed E-state index contributed by atoms with van der Waals surface area (Å²) in [5.41, 5.74) is 9.25. The first-order valence-corrected chi connectivity index (χ1v) is 13.3. The van der Waals surface area contributed by atoms with Crippen molar-refractivity contribution in [2.75, 3.05) is 4.90 Å².